The molecule has 2 atom stereocenters. The molecular weight excluding hydrogens is 596 g/mol. The molecule has 0 aromatic heterocycles. The number of likely N-dealkylation sites (tertiary alicyclic amines) is 1. The summed E-state index contributed by atoms with van der Waals surface area (Å²) in [6.07, 6.45) is 0.462. The first-order chi connectivity index (χ1) is 21.2. The monoisotopic (exact) mass is 637 g/mol. The van der Waals surface area contributed by atoms with E-state index < -0.39 is 66.4 Å². The second kappa shape index (κ2) is 13.9. The number of carbonyl (C=O) groups is 2. The van der Waals surface area contributed by atoms with Crippen LogP contribution in [0.25, 0.3) is 0 Å². The van der Waals surface area contributed by atoms with Gasteiger partial charge in [-0.2, -0.15) is 13.2 Å². The van der Waals surface area contributed by atoms with Gasteiger partial charge in [-0.05, 0) is 94.1 Å². The Bertz CT molecular complexity index is 1350. The molecule has 45 heavy (non-hydrogen) atoms. The number of alkyl halides is 5. The molecule has 1 aliphatic heterocycles. The molecule has 2 aliphatic carbocycles. The van der Waals surface area contributed by atoms with Crippen molar-refractivity contribution in [2.75, 3.05) is 11.4 Å². The van der Waals surface area contributed by atoms with Crippen LogP contribution in [-0.4, -0.2) is 53.6 Å². The van der Waals surface area contributed by atoms with E-state index in [2.05, 4.69) is 18.5 Å². The van der Waals surface area contributed by atoms with Crippen molar-refractivity contribution in [2.45, 2.75) is 108 Å². The number of nitrogens with one attached hydrogen (secondary N) is 1. The van der Waals surface area contributed by atoms with E-state index in [1.165, 1.54) is 24.0 Å². The van der Waals surface area contributed by atoms with Crippen molar-refractivity contribution in [3.63, 3.8) is 0 Å². The van der Waals surface area contributed by atoms with Gasteiger partial charge in [-0.3, -0.25) is 9.69 Å². The highest BCUT2D eigenvalue weighted by Crippen LogP contribution is 2.42. The lowest BCUT2D eigenvalue weighted by molar-refractivity contribution is -0.123. The number of urea groups is 1. The van der Waals surface area contributed by atoms with Crippen LogP contribution in [0, 0.1) is 5.82 Å². The van der Waals surface area contributed by atoms with Crippen molar-refractivity contribution >= 4 is 17.6 Å². The maximum atomic E-state index is 16.0. The summed E-state index contributed by atoms with van der Waals surface area (Å²) in [4.78, 5) is 31.1. The molecule has 1 aromatic rings. The molecule has 5 nitrogen and oxygen atoms in total. The maximum Gasteiger partial charge on any atom is 0.416 e. The summed E-state index contributed by atoms with van der Waals surface area (Å²) >= 11 is 0. The molecule has 4 rings (SSSR count). The molecule has 11 heteroatoms. The summed E-state index contributed by atoms with van der Waals surface area (Å²) in [5, 5.41) is 2.69. The molecule has 1 aromatic carbocycles. The van der Waals surface area contributed by atoms with Crippen LogP contribution >= 0.6 is 0 Å². The summed E-state index contributed by atoms with van der Waals surface area (Å²) in [5.41, 5.74) is -0.292. The van der Waals surface area contributed by atoms with Crippen LogP contribution in [-0.2, 0) is 4.79 Å². The number of piperidine rings is 1. The third-order valence-electron chi connectivity index (χ3n) is 8.89. The van der Waals surface area contributed by atoms with Gasteiger partial charge in [-0.15, -0.1) is 0 Å². The molecule has 2 saturated carbocycles. The van der Waals surface area contributed by atoms with Gasteiger partial charge in [0.1, 0.15) is 11.9 Å². The van der Waals surface area contributed by atoms with Crippen LogP contribution in [0.2, 0.25) is 0 Å². The Labute approximate surface area is 260 Å². The first kappa shape index (κ1) is 34.4. The number of hydrogen-bond donors (Lipinski definition) is 1. The second-order valence-corrected chi connectivity index (χ2v) is 12.3. The van der Waals surface area contributed by atoms with Gasteiger partial charge in [-0.25, -0.2) is 18.0 Å². The van der Waals surface area contributed by atoms with Gasteiger partial charge in [0.15, 0.2) is 0 Å². The summed E-state index contributed by atoms with van der Waals surface area (Å²) < 4.78 is 85.7. The second-order valence-electron chi connectivity index (χ2n) is 12.3. The van der Waals surface area contributed by atoms with Crippen molar-refractivity contribution in [1.29, 1.82) is 0 Å². The first-order valence-corrected chi connectivity index (χ1v) is 15.5. The molecule has 0 spiro atoms. The van der Waals surface area contributed by atoms with Crippen LogP contribution < -0.4 is 10.2 Å². The van der Waals surface area contributed by atoms with Crippen molar-refractivity contribution in [1.82, 2.24) is 10.2 Å². The summed E-state index contributed by atoms with van der Waals surface area (Å²) in [6.45, 7) is 10.9. The zero-order valence-electron chi connectivity index (χ0n) is 25.7. The third-order valence-corrected chi connectivity index (χ3v) is 8.89. The average molecular weight is 638 g/mol. The van der Waals surface area contributed by atoms with Crippen LogP contribution in [0.4, 0.5) is 36.8 Å². The van der Waals surface area contributed by atoms with E-state index in [1.54, 1.807) is 13.0 Å². The Morgan fingerprint density at radius 2 is 1.78 bits per heavy atom. The Morgan fingerprint density at radius 3 is 2.31 bits per heavy atom. The lowest BCUT2D eigenvalue weighted by Gasteiger charge is -2.42. The highest BCUT2D eigenvalue weighted by molar-refractivity contribution is 6.02. The summed E-state index contributed by atoms with van der Waals surface area (Å²) in [6, 6.07) is 0.592. The van der Waals surface area contributed by atoms with E-state index in [0.29, 0.717) is 18.4 Å². The number of allylic oxidation sites excluding steroid dienone is 3. The minimum Gasteiger partial charge on any atom is -0.351 e. The number of anilines is 1. The van der Waals surface area contributed by atoms with E-state index >= 15 is 4.39 Å². The van der Waals surface area contributed by atoms with Crippen molar-refractivity contribution in [2.24, 2.45) is 0 Å². The number of halogens is 6. The van der Waals surface area contributed by atoms with Crippen molar-refractivity contribution < 1.29 is 35.9 Å². The first-order valence-electron chi connectivity index (χ1n) is 15.5. The Kier molecular flexibility index (Phi) is 10.6. The van der Waals surface area contributed by atoms with E-state index in [4.69, 9.17) is 0 Å². The molecule has 3 fully saturated rings. The SMILES string of the molecule is C=C/C(=C\C(=C/C)C(F)(F)F)C(C(=O)NC1CCC(F)(F)CC1)N(C(=O)N1CCCCC1C(=C)C)c1ccc(C2CC2)cc1F. The molecule has 246 valence electrons. The number of nitrogens with zero attached hydrogens (tertiary/aromatic N) is 2. The zero-order chi connectivity index (χ0) is 33.1. The van der Waals surface area contributed by atoms with Crippen LogP contribution in [0.1, 0.15) is 83.1 Å². The fourth-order valence-corrected chi connectivity index (χ4v) is 6.19. The minimum atomic E-state index is -4.80. The largest absolute Gasteiger partial charge is 0.416 e. The van der Waals surface area contributed by atoms with Crippen LogP contribution in [0.15, 0.2) is 66.3 Å². The van der Waals surface area contributed by atoms with Crippen LogP contribution in [0.3, 0.4) is 0 Å². The number of benzene rings is 1. The van der Waals surface area contributed by atoms with Gasteiger partial charge < -0.3 is 10.2 Å². The van der Waals surface area contributed by atoms with E-state index in [0.717, 1.165) is 48.0 Å². The molecule has 0 radical (unpaired) electrons. The molecular formula is C34H41F6N3O2. The van der Waals surface area contributed by atoms with E-state index in [1.807, 2.05) is 0 Å². The van der Waals surface area contributed by atoms with Gasteiger partial charge in [0.25, 0.3) is 0 Å². The third kappa shape index (κ3) is 8.21. The van der Waals surface area contributed by atoms with Gasteiger partial charge in [0.05, 0.1) is 17.3 Å². The van der Waals surface area contributed by atoms with Gasteiger partial charge >= 0.3 is 12.2 Å². The molecule has 3 aliphatic rings. The Hall–Kier alpha value is -3.50. The number of rotatable bonds is 9. The smallest absolute Gasteiger partial charge is 0.351 e. The zero-order valence-corrected chi connectivity index (χ0v) is 25.7. The summed E-state index contributed by atoms with van der Waals surface area (Å²) in [5.74, 6) is -4.45. The predicted molar refractivity (Wildman–Crippen MR) is 163 cm³/mol. The topological polar surface area (TPSA) is 52.7 Å². The molecule has 1 N–H and O–H groups in total. The maximum absolute atomic E-state index is 16.0. The molecule has 0 bridgehead atoms. The molecule has 3 amide bonds. The normalized spacial score (nSPS) is 22.0. The van der Waals surface area contributed by atoms with Crippen LogP contribution in [0.5, 0.6) is 0 Å². The highest BCUT2D eigenvalue weighted by atomic mass is 19.4. The standard InChI is InChI=1S/C34H41F6N3O2/c1-5-22(19-25(6-2)34(38,39)40)30(31(44)41-26-14-16-33(36,37)17-15-26)43(29-13-12-24(20-27(29)35)23-10-11-23)32(45)42-18-8-7-9-28(42)21(3)4/h5-6,12-13,19-20,23,26,28,30H,1,3,7-11,14-18H2,2,4H3,(H,41,44)/b22-19+,25-6+. The fourth-order valence-electron chi connectivity index (χ4n) is 6.19. The van der Waals surface area contributed by atoms with Gasteiger partial charge in [0, 0.05) is 25.4 Å². The predicted octanol–water partition coefficient (Wildman–Crippen LogP) is 8.74. The lowest BCUT2D eigenvalue weighted by atomic mass is 9.91. The highest BCUT2D eigenvalue weighted by Gasteiger charge is 2.43. The van der Waals surface area contributed by atoms with E-state index in [-0.39, 0.29) is 36.6 Å². The quantitative estimate of drug-likeness (QED) is 0.167. The van der Waals surface area contributed by atoms with Gasteiger partial charge in [-0.1, -0.05) is 36.9 Å². The fraction of sp³-hybridized carbons (Fsp3) is 0.529. The summed E-state index contributed by atoms with van der Waals surface area (Å²) in [7, 11) is 0. The minimum absolute atomic E-state index is 0.0660. The molecule has 1 heterocycles. The Morgan fingerprint density at radius 1 is 1.11 bits per heavy atom. The number of hydrogen-bond acceptors (Lipinski definition) is 2. The number of carbonyl (C=O) groups excluding carboxylic acids is 2. The molecule has 2 unspecified atom stereocenters. The molecule has 1 saturated heterocycles. The average Bonchev–Trinajstić information content (AvgIpc) is 3.83. The van der Waals surface area contributed by atoms with Crippen molar-refractivity contribution in [3.8, 4) is 0 Å². The lowest BCUT2D eigenvalue weighted by Crippen LogP contribution is -2.59. The van der Waals surface area contributed by atoms with Crippen molar-refractivity contribution in [3.05, 3.63) is 77.7 Å². The number of amides is 3. The van der Waals surface area contributed by atoms with E-state index in [9.17, 15) is 31.5 Å². The van der Waals surface area contributed by atoms with Gasteiger partial charge in [0.2, 0.25) is 11.8 Å². The Balaban J connectivity index is 1.88.